The van der Waals surface area contributed by atoms with Crippen LogP contribution in [0, 0.1) is 13.8 Å². The Morgan fingerprint density at radius 1 is 1.00 bits per heavy atom. The Morgan fingerprint density at radius 3 is 2.67 bits per heavy atom. The lowest BCUT2D eigenvalue weighted by Gasteiger charge is -2.13. The normalized spacial score (nSPS) is 12.5. The highest BCUT2D eigenvalue weighted by Crippen LogP contribution is 2.22. The highest BCUT2D eigenvalue weighted by atomic mass is 16.3. The van der Waals surface area contributed by atoms with Crippen molar-refractivity contribution in [3.05, 3.63) is 77.0 Å². The van der Waals surface area contributed by atoms with E-state index in [0.717, 1.165) is 16.6 Å². The summed E-state index contributed by atoms with van der Waals surface area (Å²) in [5, 5.41) is 11.6. The second-order valence-electron chi connectivity index (χ2n) is 5.58. The fraction of sp³-hybridized carbons (Fsp3) is 0.211. The molecule has 0 fully saturated rings. The Balaban J connectivity index is 1.89. The third-order valence-electron chi connectivity index (χ3n) is 3.88. The maximum absolute atomic E-state index is 10.5. The molecule has 0 spiro atoms. The SMILES string of the molecule is Cc1ccc(C)c(CC(O)c2ccc3ccccc3n2)c1. The number of nitrogens with zero attached hydrogens (tertiary/aromatic N) is 1. The predicted molar refractivity (Wildman–Crippen MR) is 86.3 cm³/mol. The number of pyridine rings is 1. The van der Waals surface area contributed by atoms with E-state index in [1.54, 1.807) is 0 Å². The van der Waals surface area contributed by atoms with Crippen molar-refractivity contribution in [1.29, 1.82) is 0 Å². The van der Waals surface area contributed by atoms with Crippen molar-refractivity contribution >= 4 is 10.9 Å². The Bertz CT molecular complexity index is 779. The minimum atomic E-state index is -0.574. The topological polar surface area (TPSA) is 33.1 Å². The number of aromatic nitrogens is 1. The zero-order valence-corrected chi connectivity index (χ0v) is 12.4. The van der Waals surface area contributed by atoms with Gasteiger partial charge in [-0.15, -0.1) is 0 Å². The van der Waals surface area contributed by atoms with Gasteiger partial charge < -0.3 is 5.11 Å². The maximum atomic E-state index is 10.5. The highest BCUT2D eigenvalue weighted by Gasteiger charge is 2.12. The van der Waals surface area contributed by atoms with Gasteiger partial charge in [0, 0.05) is 11.8 Å². The molecular weight excluding hydrogens is 258 g/mol. The van der Waals surface area contributed by atoms with Crippen LogP contribution in [-0.2, 0) is 6.42 Å². The van der Waals surface area contributed by atoms with Crippen LogP contribution >= 0.6 is 0 Å². The molecule has 1 N–H and O–H groups in total. The summed E-state index contributed by atoms with van der Waals surface area (Å²) in [6.07, 6.45) is 0.0221. The average molecular weight is 277 g/mol. The first-order valence-electron chi connectivity index (χ1n) is 7.23. The molecule has 106 valence electrons. The van der Waals surface area contributed by atoms with E-state index >= 15 is 0 Å². The van der Waals surface area contributed by atoms with E-state index in [-0.39, 0.29) is 0 Å². The fourth-order valence-corrected chi connectivity index (χ4v) is 2.60. The molecule has 0 amide bonds. The number of aryl methyl sites for hydroxylation is 2. The van der Waals surface area contributed by atoms with Crippen molar-refractivity contribution in [3.63, 3.8) is 0 Å². The van der Waals surface area contributed by atoms with Gasteiger partial charge in [0.15, 0.2) is 0 Å². The minimum Gasteiger partial charge on any atom is -0.386 e. The van der Waals surface area contributed by atoms with Crippen LogP contribution in [0.15, 0.2) is 54.6 Å². The molecule has 3 aromatic rings. The molecule has 0 aliphatic carbocycles. The zero-order chi connectivity index (χ0) is 14.8. The summed E-state index contributed by atoms with van der Waals surface area (Å²) in [6, 6.07) is 18.2. The highest BCUT2D eigenvalue weighted by molar-refractivity contribution is 5.78. The largest absolute Gasteiger partial charge is 0.386 e. The lowest BCUT2D eigenvalue weighted by Crippen LogP contribution is -2.05. The summed E-state index contributed by atoms with van der Waals surface area (Å²) in [5.74, 6) is 0. The predicted octanol–water partition coefficient (Wildman–Crippen LogP) is 4.13. The molecule has 1 unspecified atom stereocenters. The second-order valence-corrected chi connectivity index (χ2v) is 5.58. The summed E-state index contributed by atoms with van der Waals surface area (Å²) in [5.41, 5.74) is 5.26. The first-order valence-corrected chi connectivity index (χ1v) is 7.23. The van der Waals surface area contributed by atoms with Crippen molar-refractivity contribution in [2.45, 2.75) is 26.4 Å². The molecule has 0 saturated carbocycles. The third kappa shape index (κ3) is 2.96. The quantitative estimate of drug-likeness (QED) is 0.781. The molecule has 1 atom stereocenters. The van der Waals surface area contributed by atoms with Gasteiger partial charge in [-0.05, 0) is 37.1 Å². The van der Waals surface area contributed by atoms with Crippen LogP contribution in [0.1, 0.15) is 28.5 Å². The van der Waals surface area contributed by atoms with Crippen molar-refractivity contribution in [2.75, 3.05) is 0 Å². The first kappa shape index (κ1) is 13.8. The Kier molecular flexibility index (Phi) is 3.72. The fourth-order valence-electron chi connectivity index (χ4n) is 2.60. The molecule has 2 aromatic carbocycles. The number of aliphatic hydroxyl groups excluding tert-OH is 1. The Labute approximate surface area is 125 Å². The van der Waals surface area contributed by atoms with Crippen molar-refractivity contribution < 1.29 is 5.11 Å². The van der Waals surface area contributed by atoms with Gasteiger partial charge >= 0.3 is 0 Å². The molecule has 0 saturated heterocycles. The van der Waals surface area contributed by atoms with Crippen LogP contribution in [0.3, 0.4) is 0 Å². The van der Waals surface area contributed by atoms with Gasteiger partial charge in [-0.25, -0.2) is 0 Å². The summed E-state index contributed by atoms with van der Waals surface area (Å²) in [7, 11) is 0. The van der Waals surface area contributed by atoms with Gasteiger partial charge in [0.05, 0.1) is 17.3 Å². The first-order chi connectivity index (χ1) is 10.1. The average Bonchev–Trinajstić information content (AvgIpc) is 2.50. The van der Waals surface area contributed by atoms with Crippen LogP contribution in [0.4, 0.5) is 0 Å². The number of para-hydroxylation sites is 1. The van der Waals surface area contributed by atoms with Crippen LogP contribution < -0.4 is 0 Å². The molecule has 1 aromatic heterocycles. The number of rotatable bonds is 3. The van der Waals surface area contributed by atoms with E-state index in [4.69, 9.17) is 0 Å². The molecule has 2 nitrogen and oxygen atoms in total. The summed E-state index contributed by atoms with van der Waals surface area (Å²) in [4.78, 5) is 4.57. The maximum Gasteiger partial charge on any atom is 0.1000 e. The molecular formula is C19H19NO. The van der Waals surface area contributed by atoms with E-state index < -0.39 is 6.10 Å². The molecule has 0 aliphatic rings. The van der Waals surface area contributed by atoms with Crippen LogP contribution in [-0.4, -0.2) is 10.1 Å². The van der Waals surface area contributed by atoms with Crippen LogP contribution in [0.25, 0.3) is 10.9 Å². The van der Waals surface area contributed by atoms with Crippen molar-refractivity contribution in [3.8, 4) is 0 Å². The van der Waals surface area contributed by atoms with Gasteiger partial charge in [0.1, 0.15) is 0 Å². The van der Waals surface area contributed by atoms with E-state index in [9.17, 15) is 5.11 Å². The third-order valence-corrected chi connectivity index (χ3v) is 3.88. The van der Waals surface area contributed by atoms with E-state index in [1.165, 1.54) is 16.7 Å². The van der Waals surface area contributed by atoms with E-state index in [1.807, 2.05) is 36.4 Å². The molecule has 0 bridgehead atoms. The van der Waals surface area contributed by atoms with E-state index in [0.29, 0.717) is 6.42 Å². The van der Waals surface area contributed by atoms with Gasteiger partial charge in [0.2, 0.25) is 0 Å². The number of aliphatic hydroxyl groups is 1. The molecule has 0 radical (unpaired) electrons. The summed E-state index contributed by atoms with van der Waals surface area (Å²) in [6.45, 7) is 4.15. The number of benzene rings is 2. The molecule has 21 heavy (non-hydrogen) atoms. The lowest BCUT2D eigenvalue weighted by atomic mass is 9.98. The molecule has 3 rings (SSSR count). The minimum absolute atomic E-state index is 0.574. The van der Waals surface area contributed by atoms with Gasteiger partial charge in [-0.1, -0.05) is 48.0 Å². The van der Waals surface area contributed by atoms with Crippen LogP contribution in [0.2, 0.25) is 0 Å². The van der Waals surface area contributed by atoms with Gasteiger partial charge in [0.25, 0.3) is 0 Å². The molecule has 0 aliphatic heterocycles. The lowest BCUT2D eigenvalue weighted by molar-refractivity contribution is 0.174. The Hall–Kier alpha value is -2.19. The molecule has 2 heteroatoms. The summed E-state index contributed by atoms with van der Waals surface area (Å²) < 4.78 is 0. The number of hydrogen-bond acceptors (Lipinski definition) is 2. The smallest absolute Gasteiger partial charge is 0.1000 e. The van der Waals surface area contributed by atoms with E-state index in [2.05, 4.69) is 37.0 Å². The van der Waals surface area contributed by atoms with Crippen molar-refractivity contribution in [2.24, 2.45) is 0 Å². The van der Waals surface area contributed by atoms with Crippen LogP contribution in [0.5, 0.6) is 0 Å². The number of fused-ring (bicyclic) bond motifs is 1. The summed E-state index contributed by atoms with van der Waals surface area (Å²) >= 11 is 0. The standard InChI is InChI=1S/C19H19NO/c1-13-7-8-14(2)16(11-13)12-19(21)18-10-9-15-5-3-4-6-17(15)20-18/h3-11,19,21H,12H2,1-2H3. The van der Waals surface area contributed by atoms with Crippen molar-refractivity contribution in [1.82, 2.24) is 4.98 Å². The zero-order valence-electron chi connectivity index (χ0n) is 12.4. The number of hydrogen-bond donors (Lipinski definition) is 1. The monoisotopic (exact) mass is 277 g/mol. The Morgan fingerprint density at radius 2 is 1.81 bits per heavy atom. The molecule has 1 heterocycles. The van der Waals surface area contributed by atoms with Gasteiger partial charge in [-0.3, -0.25) is 4.98 Å². The van der Waals surface area contributed by atoms with Gasteiger partial charge in [-0.2, -0.15) is 0 Å². The second kappa shape index (κ2) is 5.66.